The molecule has 5 nitrogen and oxygen atoms in total. The van der Waals surface area contributed by atoms with Crippen LogP contribution in [0.1, 0.15) is 169 Å². The molecular formula is C32H66O5. The molecule has 0 aromatic heterocycles. The zero-order valence-electron chi connectivity index (χ0n) is 25.5. The van der Waals surface area contributed by atoms with Gasteiger partial charge in [0.2, 0.25) is 0 Å². The van der Waals surface area contributed by atoms with Crippen molar-refractivity contribution in [3.8, 4) is 0 Å². The van der Waals surface area contributed by atoms with E-state index in [1.54, 1.807) is 0 Å². The first-order valence-corrected chi connectivity index (χ1v) is 16.3. The summed E-state index contributed by atoms with van der Waals surface area (Å²) in [6, 6.07) is 0. The van der Waals surface area contributed by atoms with Crippen LogP contribution in [0.15, 0.2) is 0 Å². The Bertz CT molecular complexity index is 454. The fraction of sp³-hybridized carbons (Fsp3) is 1.00. The molecule has 0 radical (unpaired) electrons. The molecule has 0 saturated heterocycles. The van der Waals surface area contributed by atoms with Crippen LogP contribution in [0.4, 0.5) is 0 Å². The van der Waals surface area contributed by atoms with Crippen LogP contribution in [0.5, 0.6) is 0 Å². The van der Waals surface area contributed by atoms with Crippen LogP contribution < -0.4 is 0 Å². The normalized spacial score (nSPS) is 16.9. The molecule has 0 amide bonds. The van der Waals surface area contributed by atoms with E-state index in [4.69, 9.17) is 18.9 Å². The van der Waals surface area contributed by atoms with Gasteiger partial charge in [0, 0.05) is 6.61 Å². The maximum Gasteiger partial charge on any atom is 0.311 e. The van der Waals surface area contributed by atoms with Gasteiger partial charge in [0.25, 0.3) is 0 Å². The van der Waals surface area contributed by atoms with E-state index in [0.717, 1.165) is 44.9 Å². The maximum absolute atomic E-state index is 6.84. The summed E-state index contributed by atoms with van der Waals surface area (Å²) >= 11 is 0. The fourth-order valence-electron chi connectivity index (χ4n) is 5.27. The molecule has 0 aromatic rings. The second kappa shape index (κ2) is 26.0. The Morgan fingerprint density at radius 2 is 1.08 bits per heavy atom. The molecule has 37 heavy (non-hydrogen) atoms. The van der Waals surface area contributed by atoms with Gasteiger partial charge in [-0.2, -0.15) is 0 Å². The van der Waals surface area contributed by atoms with Crippen molar-refractivity contribution in [1.82, 2.24) is 0 Å². The lowest BCUT2D eigenvalue weighted by Crippen LogP contribution is -2.53. The van der Waals surface area contributed by atoms with Gasteiger partial charge < -0.3 is 24.4 Å². The standard InChI is InChI=1S/C32H64O4.H2O/c1-5-9-12-14-16-17-18-23-27-31(33-8-4)32(34-28-11-7-3,36-30-25-21-20-22-26-30)35-29-24-19-15-13-10-6-2;/h30-31H,5-29H2,1-4H3;1H2. The van der Waals surface area contributed by atoms with Crippen molar-refractivity contribution in [2.24, 2.45) is 0 Å². The highest BCUT2D eigenvalue weighted by Gasteiger charge is 2.45. The van der Waals surface area contributed by atoms with E-state index >= 15 is 0 Å². The van der Waals surface area contributed by atoms with Gasteiger partial charge in [-0.3, -0.25) is 0 Å². The van der Waals surface area contributed by atoms with Gasteiger partial charge in [-0.05, 0) is 39.0 Å². The Morgan fingerprint density at radius 1 is 0.595 bits per heavy atom. The van der Waals surface area contributed by atoms with Crippen LogP contribution in [0.2, 0.25) is 0 Å². The monoisotopic (exact) mass is 530 g/mol. The summed E-state index contributed by atoms with van der Waals surface area (Å²) < 4.78 is 26.5. The third kappa shape index (κ3) is 17.9. The zero-order valence-corrected chi connectivity index (χ0v) is 25.5. The fourth-order valence-corrected chi connectivity index (χ4v) is 5.27. The Kier molecular flexibility index (Phi) is 25.9. The Morgan fingerprint density at radius 3 is 1.62 bits per heavy atom. The molecule has 1 fully saturated rings. The van der Waals surface area contributed by atoms with Crippen molar-refractivity contribution in [3.05, 3.63) is 0 Å². The molecule has 0 aliphatic heterocycles. The predicted octanol–water partition coefficient (Wildman–Crippen LogP) is 9.29. The Balaban J connectivity index is 0.0000130. The smallest absolute Gasteiger partial charge is 0.311 e. The van der Waals surface area contributed by atoms with Crippen LogP contribution in [-0.2, 0) is 18.9 Å². The van der Waals surface area contributed by atoms with Gasteiger partial charge in [0.05, 0.1) is 19.3 Å². The topological polar surface area (TPSA) is 68.4 Å². The number of hydrogen-bond acceptors (Lipinski definition) is 4. The molecule has 1 aliphatic rings. The van der Waals surface area contributed by atoms with Crippen molar-refractivity contribution in [1.29, 1.82) is 0 Å². The highest BCUT2D eigenvalue weighted by molar-refractivity contribution is 4.77. The quantitative estimate of drug-likeness (QED) is 0.0825. The van der Waals surface area contributed by atoms with Crippen molar-refractivity contribution < 1.29 is 24.4 Å². The summed E-state index contributed by atoms with van der Waals surface area (Å²) in [6.45, 7) is 10.9. The van der Waals surface area contributed by atoms with Gasteiger partial charge in [-0.1, -0.05) is 130 Å². The third-order valence-electron chi connectivity index (χ3n) is 7.57. The van der Waals surface area contributed by atoms with Gasteiger partial charge in [0.1, 0.15) is 6.10 Å². The molecule has 1 aliphatic carbocycles. The number of ether oxygens (including phenoxy) is 4. The lowest BCUT2D eigenvalue weighted by atomic mass is 9.97. The van der Waals surface area contributed by atoms with E-state index < -0.39 is 5.97 Å². The van der Waals surface area contributed by atoms with Crippen LogP contribution >= 0.6 is 0 Å². The van der Waals surface area contributed by atoms with Crippen LogP contribution in [-0.4, -0.2) is 43.5 Å². The third-order valence-corrected chi connectivity index (χ3v) is 7.57. The van der Waals surface area contributed by atoms with Crippen LogP contribution in [0.3, 0.4) is 0 Å². The van der Waals surface area contributed by atoms with Crippen molar-refractivity contribution in [2.75, 3.05) is 19.8 Å². The van der Waals surface area contributed by atoms with Gasteiger partial charge in [0.15, 0.2) is 0 Å². The molecule has 1 rings (SSSR count). The molecule has 0 aromatic carbocycles. The van der Waals surface area contributed by atoms with Crippen molar-refractivity contribution in [2.45, 2.75) is 187 Å². The second-order valence-corrected chi connectivity index (χ2v) is 11.0. The molecule has 224 valence electrons. The summed E-state index contributed by atoms with van der Waals surface area (Å²) in [5.74, 6) is -1.06. The minimum absolute atomic E-state index is 0. The minimum Gasteiger partial charge on any atom is -0.412 e. The molecule has 5 heteroatoms. The van der Waals surface area contributed by atoms with Gasteiger partial charge in [-0.25, -0.2) is 0 Å². The summed E-state index contributed by atoms with van der Waals surface area (Å²) in [6.07, 6.45) is 27.1. The van der Waals surface area contributed by atoms with E-state index in [2.05, 4.69) is 27.7 Å². The van der Waals surface area contributed by atoms with E-state index in [1.165, 1.54) is 96.3 Å². The van der Waals surface area contributed by atoms with Crippen LogP contribution in [0.25, 0.3) is 0 Å². The van der Waals surface area contributed by atoms with Crippen molar-refractivity contribution in [3.63, 3.8) is 0 Å². The highest BCUT2D eigenvalue weighted by Crippen LogP contribution is 2.33. The van der Waals surface area contributed by atoms with Crippen molar-refractivity contribution >= 4 is 0 Å². The lowest BCUT2D eigenvalue weighted by Gasteiger charge is -2.42. The maximum atomic E-state index is 6.84. The molecule has 1 saturated carbocycles. The molecule has 2 N–H and O–H groups in total. The van der Waals surface area contributed by atoms with Gasteiger partial charge in [-0.15, -0.1) is 0 Å². The average molecular weight is 531 g/mol. The minimum atomic E-state index is -1.06. The molecular weight excluding hydrogens is 464 g/mol. The van der Waals surface area contributed by atoms with E-state index in [0.29, 0.717) is 19.8 Å². The number of rotatable bonds is 26. The Labute approximate surface area is 231 Å². The molecule has 0 heterocycles. The second-order valence-electron chi connectivity index (χ2n) is 11.0. The van der Waals surface area contributed by atoms with E-state index in [1.807, 2.05) is 0 Å². The molecule has 2 atom stereocenters. The lowest BCUT2D eigenvalue weighted by molar-refractivity contribution is -0.431. The molecule has 0 bridgehead atoms. The summed E-state index contributed by atoms with van der Waals surface area (Å²) in [5, 5.41) is 0. The first-order chi connectivity index (χ1) is 17.7. The van der Waals surface area contributed by atoms with Gasteiger partial charge >= 0.3 is 5.97 Å². The first kappa shape index (κ1) is 36.8. The molecule has 2 unspecified atom stereocenters. The number of hydrogen-bond donors (Lipinski definition) is 0. The summed E-state index contributed by atoms with van der Waals surface area (Å²) in [4.78, 5) is 0. The average Bonchev–Trinajstić information content (AvgIpc) is 2.89. The van der Waals surface area contributed by atoms with E-state index in [-0.39, 0.29) is 17.7 Å². The summed E-state index contributed by atoms with van der Waals surface area (Å²) in [5.41, 5.74) is 0. The SMILES string of the molecule is CCCCCCCCCCC(OCC)C(OCCCC)(OCCCCCCCC)OC1CCCCC1.O. The zero-order chi connectivity index (χ0) is 26.2. The largest absolute Gasteiger partial charge is 0.412 e. The Hall–Kier alpha value is -0.200. The highest BCUT2D eigenvalue weighted by atomic mass is 16.9. The predicted molar refractivity (Wildman–Crippen MR) is 157 cm³/mol. The first-order valence-electron chi connectivity index (χ1n) is 16.3. The summed E-state index contributed by atoms with van der Waals surface area (Å²) in [7, 11) is 0. The molecule has 0 spiro atoms. The number of unbranched alkanes of at least 4 members (excludes halogenated alkanes) is 13. The van der Waals surface area contributed by atoms with Crippen LogP contribution in [0, 0.1) is 0 Å². The van der Waals surface area contributed by atoms with E-state index in [9.17, 15) is 0 Å².